The summed E-state index contributed by atoms with van der Waals surface area (Å²) < 4.78 is 4.94. The molecule has 0 radical (unpaired) electrons. The molecular formula is C8H24N2Si2. The fraction of sp³-hybridized carbons (Fsp3) is 1.00. The van der Waals surface area contributed by atoms with Crippen LogP contribution in [0.25, 0.3) is 0 Å². The van der Waals surface area contributed by atoms with Crippen LogP contribution in [0.3, 0.4) is 0 Å². The van der Waals surface area contributed by atoms with Crippen LogP contribution in [0.4, 0.5) is 0 Å². The monoisotopic (exact) mass is 204 g/mol. The first kappa shape index (κ1) is 12.4. The summed E-state index contributed by atoms with van der Waals surface area (Å²) in [5, 5.41) is 0. The largest absolute Gasteiger partial charge is 0.320 e. The van der Waals surface area contributed by atoms with Gasteiger partial charge in [-0.2, -0.15) is 0 Å². The summed E-state index contributed by atoms with van der Waals surface area (Å²) in [7, 11) is 6.56. The van der Waals surface area contributed by atoms with Crippen molar-refractivity contribution in [3.8, 4) is 0 Å². The second kappa shape index (κ2) is 3.61. The van der Waals surface area contributed by atoms with Gasteiger partial charge in [-0.3, -0.25) is 0 Å². The highest BCUT2D eigenvalue weighted by molar-refractivity contribution is 7.38. The van der Waals surface area contributed by atoms with Crippen LogP contribution in [-0.4, -0.2) is 52.8 Å². The minimum Gasteiger partial charge on any atom is -0.320 e. The Morgan fingerprint density at radius 1 is 0.667 bits per heavy atom. The van der Waals surface area contributed by atoms with Gasteiger partial charge in [0.25, 0.3) is 0 Å². The van der Waals surface area contributed by atoms with Crippen LogP contribution in [0, 0.1) is 0 Å². The molecule has 12 heavy (non-hydrogen) atoms. The Morgan fingerprint density at radius 2 is 0.917 bits per heavy atom. The number of hydrogen-bond acceptors (Lipinski definition) is 2. The fourth-order valence-electron chi connectivity index (χ4n) is 1.74. The molecule has 0 aromatic heterocycles. The molecule has 0 unspecified atom stereocenters. The molecule has 0 atom stereocenters. The summed E-state index contributed by atoms with van der Waals surface area (Å²) in [6, 6.07) is 0. The van der Waals surface area contributed by atoms with Gasteiger partial charge in [-0.05, 0) is 34.7 Å². The van der Waals surface area contributed by atoms with Crippen molar-refractivity contribution < 1.29 is 0 Å². The quantitative estimate of drug-likeness (QED) is 0.644. The molecule has 2 nitrogen and oxygen atoms in total. The van der Waals surface area contributed by atoms with Crippen molar-refractivity contribution in [3.05, 3.63) is 0 Å². The molecule has 0 rings (SSSR count). The number of rotatable bonds is 3. The predicted molar refractivity (Wildman–Crippen MR) is 62.3 cm³/mol. The maximum atomic E-state index is 2.47. The van der Waals surface area contributed by atoms with Crippen LogP contribution in [0.15, 0.2) is 0 Å². The van der Waals surface area contributed by atoms with Crippen molar-refractivity contribution in [1.82, 2.24) is 9.13 Å². The molecule has 0 aliphatic carbocycles. The molecule has 0 aromatic carbocycles. The Bertz CT molecular complexity index is 142. The van der Waals surface area contributed by atoms with Gasteiger partial charge in [0.2, 0.25) is 0 Å². The molecule has 0 spiro atoms. The zero-order valence-corrected chi connectivity index (χ0v) is 11.9. The van der Waals surface area contributed by atoms with Gasteiger partial charge in [0, 0.05) is 0 Å². The predicted octanol–water partition coefficient (Wildman–Crippen LogP) is 1.60. The van der Waals surface area contributed by atoms with Crippen LogP contribution in [0.2, 0.25) is 26.2 Å². The van der Waals surface area contributed by atoms with Crippen LogP contribution >= 0.6 is 0 Å². The van der Waals surface area contributed by atoms with Crippen LogP contribution in [-0.2, 0) is 0 Å². The van der Waals surface area contributed by atoms with Gasteiger partial charge in [-0.1, -0.05) is 19.6 Å². The SMILES string of the molecule is CN(C)[Si](C)(N(C)C)[Si](C)(C)C. The van der Waals surface area contributed by atoms with Gasteiger partial charge in [0.05, 0.1) is 7.59 Å². The Balaban J connectivity index is 4.89. The zero-order chi connectivity index (χ0) is 10.2. The molecule has 0 N–H and O–H groups in total. The van der Waals surface area contributed by atoms with E-state index >= 15 is 0 Å². The van der Waals surface area contributed by atoms with Crippen LogP contribution < -0.4 is 0 Å². The Hall–Kier alpha value is 0.354. The highest BCUT2D eigenvalue weighted by Crippen LogP contribution is 2.22. The van der Waals surface area contributed by atoms with Gasteiger partial charge in [0.15, 0.2) is 7.91 Å². The molecular weight excluding hydrogens is 180 g/mol. The van der Waals surface area contributed by atoms with E-state index in [0.29, 0.717) is 0 Å². The first-order valence-electron chi connectivity index (χ1n) is 4.49. The van der Waals surface area contributed by atoms with Crippen molar-refractivity contribution in [3.63, 3.8) is 0 Å². The molecule has 0 saturated carbocycles. The Kier molecular flexibility index (Phi) is 3.72. The van der Waals surface area contributed by atoms with Gasteiger partial charge in [-0.25, -0.2) is 0 Å². The molecule has 0 heterocycles. The van der Waals surface area contributed by atoms with E-state index in [2.05, 4.69) is 63.5 Å². The van der Waals surface area contributed by atoms with E-state index in [9.17, 15) is 0 Å². The lowest BCUT2D eigenvalue weighted by molar-refractivity contribution is 0.508. The molecule has 4 heteroatoms. The molecule has 0 aliphatic heterocycles. The van der Waals surface area contributed by atoms with E-state index in [1.54, 1.807) is 0 Å². The third-order valence-electron chi connectivity index (χ3n) is 3.16. The zero-order valence-electron chi connectivity index (χ0n) is 9.89. The van der Waals surface area contributed by atoms with Crippen molar-refractivity contribution in [2.45, 2.75) is 26.2 Å². The Labute approximate surface area is 79.5 Å². The molecule has 0 aliphatic rings. The van der Waals surface area contributed by atoms with Gasteiger partial charge in [-0.15, -0.1) is 0 Å². The third-order valence-corrected chi connectivity index (χ3v) is 20.7. The van der Waals surface area contributed by atoms with Crippen molar-refractivity contribution >= 4 is 15.5 Å². The van der Waals surface area contributed by atoms with E-state index < -0.39 is 15.5 Å². The summed E-state index contributed by atoms with van der Waals surface area (Å²) in [5.74, 6) is 0. The maximum absolute atomic E-state index is 2.47. The fourth-order valence-corrected chi connectivity index (χ4v) is 13.3. The van der Waals surface area contributed by atoms with E-state index in [-0.39, 0.29) is 0 Å². The second-order valence-electron chi connectivity index (χ2n) is 5.06. The van der Waals surface area contributed by atoms with Crippen molar-refractivity contribution in [2.75, 3.05) is 28.2 Å². The van der Waals surface area contributed by atoms with Crippen molar-refractivity contribution in [1.29, 1.82) is 0 Å². The topological polar surface area (TPSA) is 6.48 Å². The lowest BCUT2D eigenvalue weighted by Crippen LogP contribution is -2.72. The lowest BCUT2D eigenvalue weighted by Gasteiger charge is -2.48. The third kappa shape index (κ3) is 1.99. The van der Waals surface area contributed by atoms with E-state index in [0.717, 1.165) is 0 Å². The standard InChI is InChI=1S/C8H24N2Si2/c1-9(2)12(8,10(3)4)11(5,6)7/h1-8H3. The van der Waals surface area contributed by atoms with Gasteiger partial charge < -0.3 is 9.13 Å². The first-order valence-corrected chi connectivity index (χ1v) is 11.4. The van der Waals surface area contributed by atoms with Crippen LogP contribution in [0.5, 0.6) is 0 Å². The molecule has 0 saturated heterocycles. The van der Waals surface area contributed by atoms with Crippen LogP contribution in [0.1, 0.15) is 0 Å². The summed E-state index contributed by atoms with van der Waals surface area (Å²) in [6.45, 7) is 9.89. The Morgan fingerprint density at radius 3 is 0.917 bits per heavy atom. The first-order chi connectivity index (χ1) is 5.14. The number of nitrogens with zero attached hydrogens (tertiary/aromatic N) is 2. The normalized spacial score (nSPS) is 14.5. The minimum atomic E-state index is -1.30. The highest BCUT2D eigenvalue weighted by atomic mass is 29.3. The molecule has 0 amide bonds. The second-order valence-corrected chi connectivity index (χ2v) is 20.7. The van der Waals surface area contributed by atoms with Gasteiger partial charge in [0.1, 0.15) is 0 Å². The van der Waals surface area contributed by atoms with E-state index in [1.807, 2.05) is 0 Å². The average molecular weight is 204 g/mol. The molecule has 0 aromatic rings. The summed E-state index contributed by atoms with van der Waals surface area (Å²) in [6.07, 6.45) is 0. The molecule has 0 bridgehead atoms. The van der Waals surface area contributed by atoms with Crippen molar-refractivity contribution in [2.24, 2.45) is 0 Å². The summed E-state index contributed by atoms with van der Waals surface area (Å²) >= 11 is 0. The number of hydrogen-bond donors (Lipinski definition) is 0. The van der Waals surface area contributed by atoms with E-state index in [1.165, 1.54) is 0 Å². The molecule has 74 valence electrons. The average Bonchev–Trinajstić information content (AvgIpc) is 1.82. The minimum absolute atomic E-state index is 1.05. The smallest absolute Gasteiger partial charge is 0.187 e. The molecule has 0 fully saturated rings. The maximum Gasteiger partial charge on any atom is 0.187 e. The summed E-state index contributed by atoms with van der Waals surface area (Å²) in [5.41, 5.74) is 0. The lowest BCUT2D eigenvalue weighted by atomic mass is 11.3. The highest BCUT2D eigenvalue weighted by Gasteiger charge is 2.46. The van der Waals surface area contributed by atoms with E-state index in [4.69, 9.17) is 0 Å². The van der Waals surface area contributed by atoms with Gasteiger partial charge >= 0.3 is 0 Å². The summed E-state index contributed by atoms with van der Waals surface area (Å²) in [4.78, 5) is 0.